The first kappa shape index (κ1) is 12.2. The molecule has 0 aromatic heterocycles. The minimum atomic E-state index is 0. The van der Waals surface area contributed by atoms with Crippen molar-refractivity contribution in [1.29, 1.82) is 0 Å². The summed E-state index contributed by atoms with van der Waals surface area (Å²) in [5.74, 6) is 0.0370. The summed E-state index contributed by atoms with van der Waals surface area (Å²) in [6, 6.07) is 0. The number of nitrogens with zero attached hydrogens (tertiary/aromatic N) is 1. The molecule has 9 heavy (non-hydrogen) atoms. The molecular formula is C6H13NNaO. The fourth-order valence-electron chi connectivity index (χ4n) is 0.469. The van der Waals surface area contributed by atoms with Gasteiger partial charge in [-0.2, -0.15) is 0 Å². The molecule has 0 atom stereocenters. The zero-order chi connectivity index (χ0) is 6.41. The maximum atomic E-state index is 10.5. The average Bonchev–Trinajstić information content (AvgIpc) is 1.68. The van der Waals surface area contributed by atoms with Crippen molar-refractivity contribution in [3.05, 3.63) is 0 Å². The molecule has 0 aromatic carbocycles. The van der Waals surface area contributed by atoms with Crippen LogP contribution in [-0.4, -0.2) is 42.0 Å². The molecule has 0 rings (SSSR count). The van der Waals surface area contributed by atoms with E-state index in [0.29, 0.717) is 13.0 Å². The Kier molecular flexibility index (Phi) is 11.5. The van der Waals surface area contributed by atoms with Gasteiger partial charge in [-0.05, 0) is 13.3 Å². The zero-order valence-electron chi connectivity index (χ0n) is 5.48. The van der Waals surface area contributed by atoms with E-state index in [9.17, 15) is 4.79 Å². The van der Waals surface area contributed by atoms with Gasteiger partial charge in [0, 0.05) is 13.0 Å². The van der Waals surface area contributed by atoms with Crippen molar-refractivity contribution < 1.29 is 4.79 Å². The van der Waals surface area contributed by atoms with Crippen molar-refractivity contribution in [2.45, 2.75) is 26.7 Å². The van der Waals surface area contributed by atoms with E-state index >= 15 is 0 Å². The average molecular weight is 138 g/mol. The quantitative estimate of drug-likeness (QED) is 0.516. The Morgan fingerprint density at radius 3 is 2.33 bits per heavy atom. The second-order valence-corrected chi connectivity index (χ2v) is 1.62. The number of carbonyl (C=O) groups excluding carboxylic acids is 1. The Morgan fingerprint density at radius 2 is 2.00 bits per heavy atom. The van der Waals surface area contributed by atoms with Crippen molar-refractivity contribution in [3.8, 4) is 0 Å². The van der Waals surface area contributed by atoms with Gasteiger partial charge < -0.3 is 0 Å². The fraction of sp³-hybridized carbons (Fsp3) is 0.833. The Hall–Kier alpha value is 0.470. The summed E-state index contributed by atoms with van der Waals surface area (Å²) in [5.41, 5.74) is 0. The van der Waals surface area contributed by atoms with E-state index < -0.39 is 0 Å². The first-order chi connectivity index (χ1) is 3.81. The second kappa shape index (κ2) is 8.47. The summed E-state index contributed by atoms with van der Waals surface area (Å²) >= 11 is 0. The third-order valence-electron chi connectivity index (χ3n) is 0.798. The minimum absolute atomic E-state index is 0. The third-order valence-corrected chi connectivity index (χ3v) is 0.798. The molecule has 0 aliphatic rings. The van der Waals surface area contributed by atoms with E-state index in [1.165, 1.54) is 0 Å². The molecule has 0 unspecified atom stereocenters. The molecule has 0 aliphatic heterocycles. The summed E-state index contributed by atoms with van der Waals surface area (Å²) in [5, 5.41) is 3.68. The van der Waals surface area contributed by atoms with Gasteiger partial charge >= 0.3 is 29.6 Å². The summed E-state index contributed by atoms with van der Waals surface area (Å²) in [7, 11) is 0. The number of amides is 1. The predicted molar refractivity (Wildman–Crippen MR) is 39.7 cm³/mol. The Morgan fingerprint density at radius 1 is 1.44 bits per heavy atom. The Bertz CT molecular complexity index is 67.5. The van der Waals surface area contributed by atoms with Crippen molar-refractivity contribution in [2.75, 3.05) is 6.54 Å². The van der Waals surface area contributed by atoms with Gasteiger partial charge in [-0.15, -0.1) is 0 Å². The van der Waals surface area contributed by atoms with Gasteiger partial charge in [0.05, 0.1) is 0 Å². The molecule has 0 fully saturated rings. The van der Waals surface area contributed by atoms with Gasteiger partial charge in [-0.25, -0.2) is 0 Å². The number of hydrogen-bond donors (Lipinski definition) is 0. The van der Waals surface area contributed by atoms with Crippen LogP contribution >= 0.6 is 0 Å². The molecule has 1 amide bonds. The molecule has 0 spiro atoms. The van der Waals surface area contributed by atoms with Crippen molar-refractivity contribution in [2.24, 2.45) is 0 Å². The molecular weight excluding hydrogens is 125 g/mol. The molecule has 0 bridgehead atoms. The molecule has 0 aromatic rings. The van der Waals surface area contributed by atoms with Crippen LogP contribution in [0.4, 0.5) is 0 Å². The van der Waals surface area contributed by atoms with Crippen LogP contribution in [0.3, 0.4) is 0 Å². The van der Waals surface area contributed by atoms with E-state index in [2.05, 4.69) is 5.32 Å². The molecule has 0 heterocycles. The zero-order valence-corrected chi connectivity index (χ0v) is 5.48. The van der Waals surface area contributed by atoms with Crippen LogP contribution in [0.1, 0.15) is 26.7 Å². The fourth-order valence-corrected chi connectivity index (χ4v) is 0.469. The van der Waals surface area contributed by atoms with Gasteiger partial charge in [-0.1, -0.05) is 6.92 Å². The van der Waals surface area contributed by atoms with E-state index in [0.717, 1.165) is 6.42 Å². The van der Waals surface area contributed by atoms with Crippen LogP contribution in [0.25, 0.3) is 0 Å². The second-order valence-electron chi connectivity index (χ2n) is 1.62. The van der Waals surface area contributed by atoms with E-state index in [1.807, 2.05) is 13.8 Å². The van der Waals surface area contributed by atoms with Crippen molar-refractivity contribution >= 4 is 35.5 Å². The molecule has 0 saturated carbocycles. The topological polar surface area (TPSA) is 31.2 Å². The number of hydrogen-bond acceptors (Lipinski definition) is 1. The molecule has 49 valence electrons. The van der Waals surface area contributed by atoms with Gasteiger partial charge in [-0.3, -0.25) is 10.1 Å². The van der Waals surface area contributed by atoms with E-state index in [-0.39, 0.29) is 35.5 Å². The van der Waals surface area contributed by atoms with Crippen molar-refractivity contribution in [3.63, 3.8) is 0 Å². The number of carbonyl (C=O) groups is 1. The monoisotopic (exact) mass is 138 g/mol. The summed E-state index contributed by atoms with van der Waals surface area (Å²) < 4.78 is 0. The normalized spacial score (nSPS) is 7.78. The first-order valence-electron chi connectivity index (χ1n) is 3.01. The summed E-state index contributed by atoms with van der Waals surface area (Å²) in [6.07, 6.45) is 1.51. The van der Waals surface area contributed by atoms with Gasteiger partial charge in [0.1, 0.15) is 0 Å². The van der Waals surface area contributed by atoms with Crippen molar-refractivity contribution in [1.82, 2.24) is 5.32 Å². The molecule has 1 radical (unpaired) electrons. The molecule has 0 N–H and O–H groups in total. The third kappa shape index (κ3) is 8.47. The van der Waals surface area contributed by atoms with E-state index in [4.69, 9.17) is 0 Å². The predicted octanol–water partition coefficient (Wildman–Crippen LogP) is 0.289. The first-order valence-corrected chi connectivity index (χ1v) is 3.01. The van der Waals surface area contributed by atoms with Gasteiger partial charge in [0.2, 0.25) is 5.91 Å². The maximum absolute atomic E-state index is 10.5. The van der Waals surface area contributed by atoms with Crippen LogP contribution in [-0.2, 0) is 4.79 Å². The standard InChI is InChI=1S/C6H12NO.Na.H/c1-3-5-6(8)7-4-2;;/h3-5H2,1-2H3;;. The molecule has 2 nitrogen and oxygen atoms in total. The summed E-state index contributed by atoms with van der Waals surface area (Å²) in [6.45, 7) is 4.47. The Balaban J connectivity index is 0. The Labute approximate surface area is 78.7 Å². The van der Waals surface area contributed by atoms with Crippen LogP contribution in [0.2, 0.25) is 0 Å². The van der Waals surface area contributed by atoms with Crippen LogP contribution < -0.4 is 5.32 Å². The van der Waals surface area contributed by atoms with Gasteiger partial charge in [0.25, 0.3) is 0 Å². The summed E-state index contributed by atoms with van der Waals surface area (Å²) in [4.78, 5) is 10.5. The SMILES string of the molecule is CCCC(=O)[N]CC.[NaH]. The molecule has 0 aliphatic carbocycles. The molecule has 3 heteroatoms. The van der Waals surface area contributed by atoms with Crippen LogP contribution in [0.15, 0.2) is 0 Å². The van der Waals surface area contributed by atoms with Crippen LogP contribution in [0.5, 0.6) is 0 Å². The van der Waals surface area contributed by atoms with E-state index in [1.54, 1.807) is 0 Å². The molecule has 0 saturated heterocycles. The van der Waals surface area contributed by atoms with Crippen LogP contribution in [0, 0.1) is 0 Å². The van der Waals surface area contributed by atoms with Gasteiger partial charge in [0.15, 0.2) is 0 Å². The number of rotatable bonds is 3.